The van der Waals surface area contributed by atoms with Crippen molar-refractivity contribution >= 4 is 0 Å². The maximum absolute atomic E-state index is 3.59. The third kappa shape index (κ3) is 4.33. The molecule has 1 atom stereocenters. The summed E-state index contributed by atoms with van der Waals surface area (Å²) in [6, 6.07) is 9.32. The fourth-order valence-electron chi connectivity index (χ4n) is 1.76. The molecule has 90 valence electrons. The Bertz CT molecular complexity index is 290. The molecular weight excluding hydrogens is 196 g/mol. The lowest BCUT2D eigenvalue weighted by molar-refractivity contribution is 0.382. The summed E-state index contributed by atoms with van der Waals surface area (Å²) in [6.07, 6.45) is 1.14. The maximum atomic E-state index is 3.59. The van der Waals surface area contributed by atoms with Crippen LogP contribution in [0.3, 0.4) is 0 Å². The molecule has 1 N–H and O–H groups in total. The standard InChI is InChI=1S/C14H24N2/c1-5-14(15-10-11-16(3)4)13-8-6-12(2)7-9-13/h6-9,14-15H,5,10-11H2,1-4H3. The monoisotopic (exact) mass is 220 g/mol. The van der Waals surface area contributed by atoms with Crippen LogP contribution in [-0.4, -0.2) is 32.1 Å². The molecule has 0 radical (unpaired) electrons. The Morgan fingerprint density at radius 1 is 1.19 bits per heavy atom. The molecule has 2 nitrogen and oxygen atoms in total. The van der Waals surface area contributed by atoms with Gasteiger partial charge in [0.1, 0.15) is 0 Å². The molecule has 0 saturated carbocycles. The van der Waals surface area contributed by atoms with E-state index in [0.29, 0.717) is 6.04 Å². The van der Waals surface area contributed by atoms with E-state index in [1.807, 2.05) is 0 Å². The summed E-state index contributed by atoms with van der Waals surface area (Å²) in [6.45, 7) is 6.49. The van der Waals surface area contributed by atoms with Crippen LogP contribution in [0.1, 0.15) is 30.5 Å². The summed E-state index contributed by atoms with van der Waals surface area (Å²) in [5.74, 6) is 0. The largest absolute Gasteiger partial charge is 0.309 e. The molecule has 0 aliphatic carbocycles. The molecule has 0 aromatic heterocycles. The van der Waals surface area contributed by atoms with Crippen LogP contribution in [0.5, 0.6) is 0 Å². The number of hydrogen-bond donors (Lipinski definition) is 1. The molecule has 0 heterocycles. The quantitative estimate of drug-likeness (QED) is 0.792. The van der Waals surface area contributed by atoms with Crippen molar-refractivity contribution < 1.29 is 0 Å². The van der Waals surface area contributed by atoms with Gasteiger partial charge >= 0.3 is 0 Å². The second kappa shape index (κ2) is 6.66. The predicted molar refractivity (Wildman–Crippen MR) is 70.8 cm³/mol. The van der Waals surface area contributed by atoms with Gasteiger partial charge in [-0.25, -0.2) is 0 Å². The van der Waals surface area contributed by atoms with E-state index in [9.17, 15) is 0 Å². The number of benzene rings is 1. The number of rotatable bonds is 6. The van der Waals surface area contributed by atoms with Gasteiger partial charge in [0, 0.05) is 19.1 Å². The van der Waals surface area contributed by atoms with Gasteiger partial charge in [0.25, 0.3) is 0 Å². The first-order valence-electron chi connectivity index (χ1n) is 6.08. The van der Waals surface area contributed by atoms with Crippen LogP contribution in [0.4, 0.5) is 0 Å². The van der Waals surface area contributed by atoms with E-state index in [1.54, 1.807) is 0 Å². The Labute approximate surface area is 99.7 Å². The van der Waals surface area contributed by atoms with E-state index < -0.39 is 0 Å². The predicted octanol–water partition coefficient (Wildman–Crippen LogP) is 2.60. The van der Waals surface area contributed by atoms with Crippen LogP contribution in [0.15, 0.2) is 24.3 Å². The van der Waals surface area contributed by atoms with Gasteiger partial charge in [-0.1, -0.05) is 36.8 Å². The van der Waals surface area contributed by atoms with Gasteiger partial charge in [-0.2, -0.15) is 0 Å². The van der Waals surface area contributed by atoms with E-state index in [4.69, 9.17) is 0 Å². The van der Waals surface area contributed by atoms with Crippen molar-refractivity contribution in [2.45, 2.75) is 26.3 Å². The van der Waals surface area contributed by atoms with Gasteiger partial charge in [-0.05, 0) is 33.0 Å². The minimum absolute atomic E-state index is 0.487. The molecule has 0 aliphatic rings. The summed E-state index contributed by atoms with van der Waals surface area (Å²) in [4.78, 5) is 2.20. The van der Waals surface area contributed by atoms with E-state index in [2.05, 4.69) is 62.4 Å². The first kappa shape index (κ1) is 13.2. The number of nitrogens with one attached hydrogen (secondary N) is 1. The molecule has 0 bridgehead atoms. The van der Waals surface area contributed by atoms with Crippen LogP contribution in [0, 0.1) is 6.92 Å². The van der Waals surface area contributed by atoms with Gasteiger partial charge < -0.3 is 10.2 Å². The van der Waals surface area contributed by atoms with Gasteiger partial charge in [-0.3, -0.25) is 0 Å². The SMILES string of the molecule is CCC(NCCN(C)C)c1ccc(C)cc1. The van der Waals surface area contributed by atoms with E-state index >= 15 is 0 Å². The van der Waals surface area contributed by atoms with Crippen LogP contribution in [-0.2, 0) is 0 Å². The molecule has 1 aromatic rings. The molecule has 2 heteroatoms. The second-order valence-electron chi connectivity index (χ2n) is 4.63. The zero-order valence-electron chi connectivity index (χ0n) is 11.0. The number of hydrogen-bond acceptors (Lipinski definition) is 2. The van der Waals surface area contributed by atoms with Crippen LogP contribution >= 0.6 is 0 Å². The minimum atomic E-state index is 0.487. The number of likely N-dealkylation sites (N-methyl/N-ethyl adjacent to an activating group) is 1. The lowest BCUT2D eigenvalue weighted by atomic mass is 10.0. The molecule has 0 aliphatic heterocycles. The van der Waals surface area contributed by atoms with Crippen molar-refractivity contribution in [3.8, 4) is 0 Å². The highest BCUT2D eigenvalue weighted by molar-refractivity contribution is 5.23. The summed E-state index contributed by atoms with van der Waals surface area (Å²) < 4.78 is 0. The Balaban J connectivity index is 2.50. The third-order valence-electron chi connectivity index (χ3n) is 2.84. The van der Waals surface area contributed by atoms with E-state index in [-0.39, 0.29) is 0 Å². The van der Waals surface area contributed by atoms with Crippen molar-refractivity contribution in [3.05, 3.63) is 35.4 Å². The van der Waals surface area contributed by atoms with E-state index in [1.165, 1.54) is 11.1 Å². The van der Waals surface area contributed by atoms with Crippen molar-refractivity contribution in [2.75, 3.05) is 27.2 Å². The zero-order chi connectivity index (χ0) is 12.0. The average molecular weight is 220 g/mol. The molecular formula is C14H24N2. The zero-order valence-corrected chi connectivity index (χ0v) is 11.0. The Morgan fingerprint density at radius 3 is 2.31 bits per heavy atom. The van der Waals surface area contributed by atoms with Crippen LogP contribution < -0.4 is 5.32 Å². The van der Waals surface area contributed by atoms with Crippen LogP contribution in [0.25, 0.3) is 0 Å². The van der Waals surface area contributed by atoms with Gasteiger partial charge in [0.05, 0.1) is 0 Å². The van der Waals surface area contributed by atoms with Gasteiger partial charge in [-0.15, -0.1) is 0 Å². The summed E-state index contributed by atoms with van der Waals surface area (Å²) in [7, 11) is 4.21. The fraction of sp³-hybridized carbons (Fsp3) is 0.571. The molecule has 1 unspecified atom stereocenters. The molecule has 1 aromatic carbocycles. The smallest absolute Gasteiger partial charge is 0.0318 e. The van der Waals surface area contributed by atoms with Crippen molar-refractivity contribution in [2.24, 2.45) is 0 Å². The lowest BCUT2D eigenvalue weighted by Crippen LogP contribution is -2.29. The molecule has 0 amide bonds. The number of nitrogens with zero attached hydrogens (tertiary/aromatic N) is 1. The Hall–Kier alpha value is -0.860. The minimum Gasteiger partial charge on any atom is -0.309 e. The molecule has 16 heavy (non-hydrogen) atoms. The van der Waals surface area contributed by atoms with Crippen molar-refractivity contribution in [3.63, 3.8) is 0 Å². The van der Waals surface area contributed by atoms with Crippen molar-refractivity contribution in [1.82, 2.24) is 10.2 Å². The first-order valence-corrected chi connectivity index (χ1v) is 6.08. The summed E-state index contributed by atoms with van der Waals surface area (Å²) >= 11 is 0. The number of aryl methyl sites for hydroxylation is 1. The Kier molecular flexibility index (Phi) is 5.50. The highest BCUT2D eigenvalue weighted by Gasteiger charge is 2.07. The highest BCUT2D eigenvalue weighted by atomic mass is 15.1. The lowest BCUT2D eigenvalue weighted by Gasteiger charge is -2.19. The van der Waals surface area contributed by atoms with Gasteiger partial charge in [0.15, 0.2) is 0 Å². The average Bonchev–Trinajstić information content (AvgIpc) is 2.26. The first-order chi connectivity index (χ1) is 7.63. The summed E-state index contributed by atoms with van der Waals surface area (Å²) in [5, 5.41) is 3.59. The van der Waals surface area contributed by atoms with E-state index in [0.717, 1.165) is 19.5 Å². The fourth-order valence-corrected chi connectivity index (χ4v) is 1.76. The second-order valence-corrected chi connectivity index (χ2v) is 4.63. The topological polar surface area (TPSA) is 15.3 Å². The highest BCUT2D eigenvalue weighted by Crippen LogP contribution is 2.16. The molecule has 1 rings (SSSR count). The Morgan fingerprint density at radius 2 is 1.81 bits per heavy atom. The molecule has 0 fully saturated rings. The van der Waals surface area contributed by atoms with Gasteiger partial charge in [0.2, 0.25) is 0 Å². The third-order valence-corrected chi connectivity index (χ3v) is 2.84. The normalized spacial score (nSPS) is 13.1. The molecule has 0 saturated heterocycles. The molecule has 0 spiro atoms. The maximum Gasteiger partial charge on any atom is 0.0318 e. The summed E-state index contributed by atoms with van der Waals surface area (Å²) in [5.41, 5.74) is 2.72. The van der Waals surface area contributed by atoms with Crippen molar-refractivity contribution in [1.29, 1.82) is 0 Å². The van der Waals surface area contributed by atoms with Crippen LogP contribution in [0.2, 0.25) is 0 Å².